The molecule has 2 N–H and O–H groups in total. The Morgan fingerprint density at radius 3 is 2.79 bits per heavy atom. The number of hydroxylamine groups is 2. The highest BCUT2D eigenvalue weighted by molar-refractivity contribution is 5.75. The summed E-state index contributed by atoms with van der Waals surface area (Å²) in [7, 11) is 0. The van der Waals surface area contributed by atoms with Crippen molar-refractivity contribution in [3.63, 3.8) is 0 Å². The Labute approximate surface area is 81.9 Å². The third-order valence-electron chi connectivity index (χ3n) is 1.78. The van der Waals surface area contributed by atoms with Gasteiger partial charge in [0.15, 0.2) is 0 Å². The molecule has 0 aliphatic carbocycles. The van der Waals surface area contributed by atoms with Gasteiger partial charge in [-0.05, 0) is 0 Å². The van der Waals surface area contributed by atoms with Crippen molar-refractivity contribution in [3.8, 4) is 0 Å². The van der Waals surface area contributed by atoms with Gasteiger partial charge in [-0.25, -0.2) is 0 Å². The lowest BCUT2D eigenvalue weighted by molar-refractivity contribution is -0.205. The second kappa shape index (κ2) is 5.69. The number of hydrogen-bond acceptors (Lipinski definition) is 6. The van der Waals surface area contributed by atoms with Crippen molar-refractivity contribution in [1.82, 2.24) is 5.06 Å². The molecule has 1 saturated heterocycles. The Hall–Kier alpha value is -0.980. The molecule has 14 heavy (non-hydrogen) atoms. The molecule has 0 bridgehead atoms. The van der Waals surface area contributed by atoms with Crippen LogP contribution in [0.1, 0.15) is 6.42 Å². The van der Waals surface area contributed by atoms with E-state index in [2.05, 4.69) is 0 Å². The van der Waals surface area contributed by atoms with E-state index in [-0.39, 0.29) is 6.42 Å². The highest BCUT2D eigenvalue weighted by Gasteiger charge is 2.17. The highest BCUT2D eigenvalue weighted by Crippen LogP contribution is 2.00. The van der Waals surface area contributed by atoms with Crippen LogP contribution < -0.4 is 5.73 Å². The summed E-state index contributed by atoms with van der Waals surface area (Å²) in [5, 5.41) is 1.52. The topological polar surface area (TPSA) is 81.9 Å². The fourth-order valence-corrected chi connectivity index (χ4v) is 1.06. The second-order valence-electron chi connectivity index (χ2n) is 3.01. The predicted octanol–water partition coefficient (Wildman–Crippen LogP) is -1.31. The third-order valence-corrected chi connectivity index (χ3v) is 1.78. The van der Waals surface area contributed by atoms with Crippen LogP contribution in [0.4, 0.5) is 0 Å². The molecular weight excluding hydrogens is 188 g/mol. The number of aldehydes is 1. The van der Waals surface area contributed by atoms with Crippen LogP contribution >= 0.6 is 0 Å². The summed E-state index contributed by atoms with van der Waals surface area (Å²) in [6, 6.07) is -0.774. The van der Waals surface area contributed by atoms with Gasteiger partial charge in [0.25, 0.3) is 0 Å². The van der Waals surface area contributed by atoms with E-state index in [1.807, 2.05) is 0 Å². The monoisotopic (exact) mass is 202 g/mol. The maximum atomic E-state index is 11.1. The van der Waals surface area contributed by atoms with E-state index < -0.39 is 12.0 Å². The van der Waals surface area contributed by atoms with Crippen molar-refractivity contribution in [2.75, 3.05) is 26.3 Å². The van der Waals surface area contributed by atoms with Crippen molar-refractivity contribution in [1.29, 1.82) is 0 Å². The summed E-state index contributed by atoms with van der Waals surface area (Å²) < 4.78 is 5.07. The molecule has 80 valence electrons. The Balaban J connectivity index is 2.21. The fourth-order valence-electron chi connectivity index (χ4n) is 1.06. The zero-order valence-corrected chi connectivity index (χ0v) is 7.85. The summed E-state index contributed by atoms with van der Waals surface area (Å²) >= 11 is 0. The van der Waals surface area contributed by atoms with Gasteiger partial charge in [-0.2, -0.15) is 0 Å². The van der Waals surface area contributed by atoms with Crippen LogP contribution in [0, 0.1) is 0 Å². The lowest BCUT2D eigenvalue weighted by Crippen LogP contribution is -2.39. The molecule has 6 heteroatoms. The van der Waals surface area contributed by atoms with Crippen LogP contribution in [0.5, 0.6) is 0 Å². The average Bonchev–Trinajstić information content (AvgIpc) is 2.19. The number of hydrogen-bond donors (Lipinski definition) is 1. The summed E-state index contributed by atoms with van der Waals surface area (Å²) in [4.78, 5) is 26.2. The number of carbonyl (C=O) groups is 2. The molecule has 0 aromatic heterocycles. The lowest BCUT2D eigenvalue weighted by atomic mass is 10.2. The van der Waals surface area contributed by atoms with Crippen LogP contribution in [0.3, 0.4) is 0 Å². The molecule has 1 rings (SSSR count). The van der Waals surface area contributed by atoms with E-state index in [1.165, 1.54) is 5.06 Å². The van der Waals surface area contributed by atoms with Gasteiger partial charge in [0.1, 0.15) is 6.29 Å². The fraction of sp³-hybridized carbons (Fsp3) is 0.750. The molecule has 0 saturated carbocycles. The summed E-state index contributed by atoms with van der Waals surface area (Å²) in [5.74, 6) is -0.480. The molecule has 0 radical (unpaired) electrons. The first kappa shape index (κ1) is 11.1. The second-order valence-corrected chi connectivity index (χ2v) is 3.01. The van der Waals surface area contributed by atoms with E-state index in [0.717, 1.165) is 0 Å². The smallest absolute Gasteiger partial charge is 0.327 e. The minimum Gasteiger partial charge on any atom is -0.379 e. The predicted molar refractivity (Wildman–Crippen MR) is 47.1 cm³/mol. The highest BCUT2D eigenvalue weighted by atomic mass is 16.7. The average molecular weight is 202 g/mol. The van der Waals surface area contributed by atoms with Gasteiger partial charge in [0.2, 0.25) is 0 Å². The van der Waals surface area contributed by atoms with Crippen LogP contribution in [-0.4, -0.2) is 49.7 Å². The number of rotatable bonds is 4. The van der Waals surface area contributed by atoms with Crippen LogP contribution in [0.25, 0.3) is 0 Å². The molecule has 6 nitrogen and oxygen atoms in total. The molecule has 1 atom stereocenters. The third kappa shape index (κ3) is 3.82. The van der Waals surface area contributed by atoms with Crippen molar-refractivity contribution < 1.29 is 19.2 Å². The van der Waals surface area contributed by atoms with Crippen molar-refractivity contribution in [2.45, 2.75) is 12.5 Å². The normalized spacial score (nSPS) is 20.1. The van der Waals surface area contributed by atoms with E-state index in [9.17, 15) is 9.59 Å². The Morgan fingerprint density at radius 2 is 2.21 bits per heavy atom. The molecule has 0 aromatic rings. The van der Waals surface area contributed by atoms with Gasteiger partial charge in [0, 0.05) is 0 Å². The number of ether oxygens (including phenoxy) is 1. The summed E-state index contributed by atoms with van der Waals surface area (Å²) in [5.41, 5.74) is 5.27. The Bertz CT molecular complexity index is 204. The summed E-state index contributed by atoms with van der Waals surface area (Å²) in [6.07, 6.45) is 0.446. The zero-order chi connectivity index (χ0) is 10.4. The van der Waals surface area contributed by atoms with Gasteiger partial charge in [-0.1, -0.05) is 0 Å². The Kier molecular flexibility index (Phi) is 4.51. The first-order valence-electron chi connectivity index (χ1n) is 4.46. The van der Waals surface area contributed by atoms with Crippen molar-refractivity contribution in [2.24, 2.45) is 5.73 Å². The molecule has 1 fully saturated rings. The zero-order valence-electron chi connectivity index (χ0n) is 7.85. The first-order chi connectivity index (χ1) is 6.72. The molecule has 1 aliphatic heterocycles. The van der Waals surface area contributed by atoms with E-state index in [1.54, 1.807) is 0 Å². The van der Waals surface area contributed by atoms with Crippen LogP contribution in [-0.2, 0) is 19.2 Å². The molecular formula is C8H14N2O4. The van der Waals surface area contributed by atoms with Gasteiger partial charge < -0.3 is 20.1 Å². The number of carbonyl (C=O) groups excluding carboxylic acids is 2. The SMILES string of the molecule is N[C@H](C=O)CC(=O)ON1CCOCC1. The van der Waals surface area contributed by atoms with E-state index in [0.29, 0.717) is 32.6 Å². The maximum Gasteiger partial charge on any atom is 0.327 e. The first-order valence-corrected chi connectivity index (χ1v) is 4.46. The van der Waals surface area contributed by atoms with Gasteiger partial charge in [-0.15, -0.1) is 5.06 Å². The summed E-state index contributed by atoms with van der Waals surface area (Å²) in [6.45, 7) is 2.21. The lowest BCUT2D eigenvalue weighted by Gasteiger charge is -2.25. The Morgan fingerprint density at radius 1 is 1.57 bits per heavy atom. The number of nitrogens with two attached hydrogens (primary N) is 1. The molecule has 0 aromatic carbocycles. The van der Waals surface area contributed by atoms with Crippen molar-refractivity contribution in [3.05, 3.63) is 0 Å². The van der Waals surface area contributed by atoms with Gasteiger partial charge in [-0.3, -0.25) is 4.79 Å². The van der Waals surface area contributed by atoms with Gasteiger partial charge in [0.05, 0.1) is 38.8 Å². The standard InChI is InChI=1S/C8H14N2O4/c9-7(6-11)5-8(12)14-10-1-3-13-4-2-10/h6-7H,1-5,9H2/t7-/m0/s1. The molecule has 1 aliphatic rings. The van der Waals surface area contributed by atoms with E-state index >= 15 is 0 Å². The van der Waals surface area contributed by atoms with Crippen LogP contribution in [0.2, 0.25) is 0 Å². The van der Waals surface area contributed by atoms with E-state index in [4.69, 9.17) is 15.3 Å². The maximum absolute atomic E-state index is 11.1. The quantitative estimate of drug-likeness (QED) is 0.570. The number of nitrogens with zero attached hydrogens (tertiary/aromatic N) is 1. The molecule has 0 spiro atoms. The molecule has 1 heterocycles. The molecule has 0 amide bonds. The van der Waals surface area contributed by atoms with Crippen LogP contribution in [0.15, 0.2) is 0 Å². The minimum absolute atomic E-state index is 0.0825. The molecule has 0 unspecified atom stereocenters. The largest absolute Gasteiger partial charge is 0.379 e. The van der Waals surface area contributed by atoms with Crippen molar-refractivity contribution >= 4 is 12.3 Å². The number of morpholine rings is 1. The minimum atomic E-state index is -0.774. The van der Waals surface area contributed by atoms with Gasteiger partial charge >= 0.3 is 5.97 Å².